The summed E-state index contributed by atoms with van der Waals surface area (Å²) in [7, 11) is 1.75. The van der Waals surface area contributed by atoms with Crippen molar-refractivity contribution in [1.29, 1.82) is 0 Å². The van der Waals surface area contributed by atoms with Gasteiger partial charge in [-0.15, -0.1) is 0 Å². The van der Waals surface area contributed by atoms with Crippen LogP contribution in [0.25, 0.3) is 0 Å². The van der Waals surface area contributed by atoms with Crippen molar-refractivity contribution in [3.05, 3.63) is 52.3 Å². The number of halogens is 1. The Morgan fingerprint density at radius 1 is 1.29 bits per heavy atom. The Morgan fingerprint density at radius 2 is 2.05 bits per heavy atom. The lowest BCUT2D eigenvalue weighted by molar-refractivity contribution is 0.0696. The summed E-state index contributed by atoms with van der Waals surface area (Å²) in [6.07, 6.45) is 2.39. The number of amides is 1. The van der Waals surface area contributed by atoms with Crippen molar-refractivity contribution in [1.82, 2.24) is 4.57 Å². The van der Waals surface area contributed by atoms with Crippen LogP contribution in [0.5, 0.6) is 0 Å². The first-order valence-corrected chi connectivity index (χ1v) is 6.85. The number of hydrogen-bond donors (Lipinski definition) is 1. The molecule has 2 heterocycles. The fraction of sp³-hybridized carbons (Fsp3) is 0.200. The van der Waals surface area contributed by atoms with Crippen LogP contribution in [0.2, 0.25) is 5.02 Å². The van der Waals surface area contributed by atoms with E-state index in [1.807, 2.05) is 0 Å². The number of rotatable bonds is 2. The Hall–Kier alpha value is -2.27. The summed E-state index contributed by atoms with van der Waals surface area (Å²) in [5.41, 5.74) is 2.30. The van der Waals surface area contributed by atoms with Gasteiger partial charge in [-0.3, -0.25) is 4.79 Å². The molecule has 1 aromatic carbocycles. The quantitative estimate of drug-likeness (QED) is 0.927. The summed E-state index contributed by atoms with van der Waals surface area (Å²) in [4.78, 5) is 25.3. The third kappa shape index (κ3) is 2.29. The highest BCUT2D eigenvalue weighted by atomic mass is 35.5. The van der Waals surface area contributed by atoms with Gasteiger partial charge in [0, 0.05) is 25.5 Å². The van der Waals surface area contributed by atoms with Gasteiger partial charge >= 0.3 is 5.97 Å². The number of hydrogen-bond acceptors (Lipinski definition) is 2. The van der Waals surface area contributed by atoms with Crippen molar-refractivity contribution >= 4 is 29.2 Å². The van der Waals surface area contributed by atoms with E-state index in [9.17, 15) is 9.59 Å². The Morgan fingerprint density at radius 3 is 2.67 bits per heavy atom. The van der Waals surface area contributed by atoms with Crippen LogP contribution in [0.4, 0.5) is 5.69 Å². The summed E-state index contributed by atoms with van der Waals surface area (Å²) in [6, 6.07) is 6.49. The lowest BCUT2D eigenvalue weighted by atomic mass is 10.1. The predicted octanol–water partition coefficient (Wildman–Crippen LogP) is 2.58. The normalized spacial score (nSPS) is 13.3. The lowest BCUT2D eigenvalue weighted by Crippen LogP contribution is -2.30. The molecule has 0 saturated carbocycles. The monoisotopic (exact) mass is 304 g/mol. The Kier molecular flexibility index (Phi) is 3.22. The molecule has 0 radical (unpaired) electrons. The average Bonchev–Trinajstić information content (AvgIpc) is 3.00. The molecule has 1 N–H and O–H groups in total. The summed E-state index contributed by atoms with van der Waals surface area (Å²) < 4.78 is 1.67. The zero-order valence-corrected chi connectivity index (χ0v) is 12.1. The van der Waals surface area contributed by atoms with Crippen LogP contribution in [-0.2, 0) is 13.5 Å². The van der Waals surface area contributed by atoms with Gasteiger partial charge in [-0.25, -0.2) is 4.79 Å². The molecule has 1 amide bonds. The maximum Gasteiger partial charge on any atom is 0.335 e. The number of carbonyl (C=O) groups excluding carboxylic acids is 1. The second kappa shape index (κ2) is 4.93. The Bertz CT molecular complexity index is 751. The first-order valence-electron chi connectivity index (χ1n) is 6.47. The molecule has 21 heavy (non-hydrogen) atoms. The van der Waals surface area contributed by atoms with E-state index in [4.69, 9.17) is 16.7 Å². The van der Waals surface area contributed by atoms with Gasteiger partial charge in [-0.2, -0.15) is 0 Å². The van der Waals surface area contributed by atoms with E-state index in [2.05, 4.69) is 0 Å². The van der Waals surface area contributed by atoms with E-state index >= 15 is 0 Å². The summed E-state index contributed by atoms with van der Waals surface area (Å²) in [5, 5.41) is 9.58. The number of carboxylic acid groups (broad SMARTS) is 1. The van der Waals surface area contributed by atoms with Gasteiger partial charge in [0.1, 0.15) is 5.69 Å². The number of fused-ring (bicyclic) bond motifs is 1. The van der Waals surface area contributed by atoms with E-state index in [0.29, 0.717) is 22.9 Å². The predicted molar refractivity (Wildman–Crippen MR) is 79.2 cm³/mol. The van der Waals surface area contributed by atoms with Crippen LogP contribution in [0.3, 0.4) is 0 Å². The van der Waals surface area contributed by atoms with Gasteiger partial charge in [0.25, 0.3) is 5.91 Å². The molecular weight excluding hydrogens is 292 g/mol. The van der Waals surface area contributed by atoms with Gasteiger partial charge in [0.2, 0.25) is 0 Å². The molecule has 2 aromatic rings. The van der Waals surface area contributed by atoms with E-state index in [1.165, 1.54) is 0 Å². The fourth-order valence-electron chi connectivity index (χ4n) is 2.60. The number of anilines is 1. The molecule has 1 aliphatic rings. The number of carbonyl (C=O) groups is 2. The third-order valence-corrected chi connectivity index (χ3v) is 3.87. The summed E-state index contributed by atoms with van der Waals surface area (Å²) >= 11 is 5.91. The van der Waals surface area contributed by atoms with Crippen LogP contribution in [-0.4, -0.2) is 28.1 Å². The smallest absolute Gasteiger partial charge is 0.335 e. The number of carboxylic acids is 1. The minimum Gasteiger partial charge on any atom is -0.478 e. The van der Waals surface area contributed by atoms with Crippen molar-refractivity contribution in [3.63, 3.8) is 0 Å². The fourth-order valence-corrected chi connectivity index (χ4v) is 2.85. The molecule has 5 nitrogen and oxygen atoms in total. The van der Waals surface area contributed by atoms with E-state index in [-0.39, 0.29) is 11.5 Å². The maximum absolute atomic E-state index is 12.6. The molecular formula is C15H13ClN2O3. The highest BCUT2D eigenvalue weighted by Crippen LogP contribution is 2.31. The highest BCUT2D eigenvalue weighted by molar-refractivity contribution is 6.31. The Labute approximate surface area is 126 Å². The van der Waals surface area contributed by atoms with Gasteiger partial charge in [0.05, 0.1) is 10.6 Å². The molecule has 1 aliphatic heterocycles. The van der Waals surface area contributed by atoms with Crippen LogP contribution in [0.15, 0.2) is 30.5 Å². The van der Waals surface area contributed by atoms with Gasteiger partial charge in [-0.1, -0.05) is 17.7 Å². The van der Waals surface area contributed by atoms with E-state index in [1.54, 1.807) is 47.0 Å². The third-order valence-electron chi connectivity index (χ3n) is 3.66. The van der Waals surface area contributed by atoms with Gasteiger partial charge in [0.15, 0.2) is 0 Å². The van der Waals surface area contributed by atoms with Gasteiger partial charge in [-0.05, 0) is 30.2 Å². The highest BCUT2D eigenvalue weighted by Gasteiger charge is 2.28. The molecule has 0 spiro atoms. The standard InChI is InChI=1S/C15H13ClN2O3/c1-17-8-11(16)7-13(17)14(19)18-5-4-9-2-3-10(15(20)21)6-12(9)18/h2-3,6-8H,4-5H2,1H3,(H,20,21). The topological polar surface area (TPSA) is 62.5 Å². The van der Waals surface area contributed by atoms with Crippen LogP contribution in [0, 0.1) is 0 Å². The zero-order chi connectivity index (χ0) is 15.1. The van der Waals surface area contributed by atoms with Crippen molar-refractivity contribution < 1.29 is 14.7 Å². The number of aromatic nitrogens is 1. The molecule has 0 aliphatic carbocycles. The molecule has 0 unspecified atom stereocenters. The van der Waals surface area contributed by atoms with Crippen LogP contribution < -0.4 is 4.90 Å². The zero-order valence-electron chi connectivity index (χ0n) is 11.3. The number of aryl methyl sites for hydroxylation is 1. The summed E-state index contributed by atoms with van der Waals surface area (Å²) in [5.74, 6) is -1.18. The number of nitrogens with zero attached hydrogens (tertiary/aromatic N) is 2. The van der Waals surface area contributed by atoms with Gasteiger partial charge < -0.3 is 14.6 Å². The molecule has 0 saturated heterocycles. The van der Waals surface area contributed by atoms with Crippen molar-refractivity contribution in [2.45, 2.75) is 6.42 Å². The molecule has 0 bridgehead atoms. The van der Waals surface area contributed by atoms with E-state index in [0.717, 1.165) is 12.0 Å². The molecule has 1 aromatic heterocycles. The van der Waals surface area contributed by atoms with Crippen molar-refractivity contribution in [2.75, 3.05) is 11.4 Å². The van der Waals surface area contributed by atoms with Crippen molar-refractivity contribution in [2.24, 2.45) is 7.05 Å². The van der Waals surface area contributed by atoms with Crippen molar-refractivity contribution in [3.8, 4) is 0 Å². The molecule has 3 rings (SSSR count). The average molecular weight is 305 g/mol. The first kappa shape index (κ1) is 13.7. The number of aromatic carboxylic acids is 1. The minimum absolute atomic E-state index is 0.175. The minimum atomic E-state index is -1.00. The lowest BCUT2D eigenvalue weighted by Gasteiger charge is -2.18. The molecule has 0 atom stereocenters. The Balaban J connectivity index is 2.00. The molecule has 6 heteroatoms. The van der Waals surface area contributed by atoms with Crippen LogP contribution >= 0.6 is 11.6 Å². The maximum atomic E-state index is 12.6. The number of benzene rings is 1. The first-order chi connectivity index (χ1) is 9.97. The second-order valence-electron chi connectivity index (χ2n) is 5.01. The largest absolute Gasteiger partial charge is 0.478 e. The van der Waals surface area contributed by atoms with E-state index < -0.39 is 5.97 Å². The summed E-state index contributed by atoms with van der Waals surface area (Å²) in [6.45, 7) is 0.542. The SMILES string of the molecule is Cn1cc(Cl)cc1C(=O)N1CCc2ccc(C(=O)O)cc21. The second-order valence-corrected chi connectivity index (χ2v) is 5.45. The molecule has 0 fully saturated rings. The molecule has 108 valence electrons. The van der Waals surface area contributed by atoms with Crippen LogP contribution in [0.1, 0.15) is 26.4 Å².